The zero-order valence-corrected chi connectivity index (χ0v) is 20.4. The van der Waals surface area contributed by atoms with E-state index in [1.54, 1.807) is 12.1 Å². The second-order valence-electron chi connectivity index (χ2n) is 8.13. The Hall–Kier alpha value is -3.44. The third kappa shape index (κ3) is 4.44. The van der Waals surface area contributed by atoms with Gasteiger partial charge in [-0.25, -0.2) is 16.8 Å². The van der Waals surface area contributed by atoms with Crippen LogP contribution in [0.25, 0.3) is 10.9 Å². The Morgan fingerprint density at radius 3 is 1.75 bits per heavy atom. The van der Waals surface area contributed by atoms with Crippen LogP contribution in [0.3, 0.4) is 0 Å². The number of ketones is 1. The molecule has 0 radical (unpaired) electrons. The smallest absolute Gasteiger partial charge is 0.358 e. The third-order valence-electron chi connectivity index (χ3n) is 5.85. The zero-order valence-electron chi connectivity index (χ0n) is 18.7. The molecule has 2 atom stereocenters. The average Bonchev–Trinajstić information content (AvgIpc) is 3.17. The highest BCUT2D eigenvalue weighted by Crippen LogP contribution is 2.44. The SMILES string of the molecule is Cc1[nH]c2ccccc2c1C(C(C(=O)C(F)(F)F)S(=O)(=O)c1ccccc1)S(=O)(=O)c1ccccc1. The van der Waals surface area contributed by atoms with Crippen LogP contribution < -0.4 is 0 Å². The van der Waals surface area contributed by atoms with Crippen molar-refractivity contribution in [1.29, 1.82) is 0 Å². The van der Waals surface area contributed by atoms with E-state index in [2.05, 4.69) is 4.98 Å². The molecule has 188 valence electrons. The molecule has 0 aliphatic rings. The highest BCUT2D eigenvalue weighted by molar-refractivity contribution is 7.96. The van der Waals surface area contributed by atoms with E-state index in [9.17, 15) is 34.8 Å². The number of fused-ring (bicyclic) bond motifs is 1. The van der Waals surface area contributed by atoms with Crippen molar-refractivity contribution in [3.05, 3.63) is 96.2 Å². The van der Waals surface area contributed by atoms with Crippen molar-refractivity contribution in [2.75, 3.05) is 0 Å². The van der Waals surface area contributed by atoms with Crippen molar-refractivity contribution in [3.8, 4) is 0 Å². The second kappa shape index (κ2) is 9.21. The molecule has 1 heterocycles. The summed E-state index contributed by atoms with van der Waals surface area (Å²) in [5, 5.41) is -5.19. The first-order valence-corrected chi connectivity index (χ1v) is 13.7. The molecule has 4 aromatic rings. The summed E-state index contributed by atoms with van der Waals surface area (Å²) >= 11 is 0. The summed E-state index contributed by atoms with van der Waals surface area (Å²) in [4.78, 5) is 14.8. The van der Waals surface area contributed by atoms with E-state index < -0.39 is 51.9 Å². The lowest BCUT2D eigenvalue weighted by molar-refractivity contribution is -0.170. The lowest BCUT2D eigenvalue weighted by Gasteiger charge is -2.27. The van der Waals surface area contributed by atoms with Crippen molar-refractivity contribution >= 4 is 36.4 Å². The Balaban J connectivity index is 2.14. The van der Waals surface area contributed by atoms with Gasteiger partial charge in [-0.3, -0.25) is 4.79 Å². The van der Waals surface area contributed by atoms with Gasteiger partial charge in [0, 0.05) is 22.2 Å². The molecule has 0 aliphatic carbocycles. The number of hydrogen-bond acceptors (Lipinski definition) is 5. The van der Waals surface area contributed by atoms with Crippen molar-refractivity contribution in [1.82, 2.24) is 4.98 Å². The van der Waals surface area contributed by atoms with Crippen LogP contribution in [0, 0.1) is 6.92 Å². The number of alkyl halides is 3. The molecule has 4 rings (SSSR count). The van der Waals surface area contributed by atoms with E-state index in [1.807, 2.05) is 0 Å². The molecule has 36 heavy (non-hydrogen) atoms. The standard InChI is InChI=1S/C25H20F3NO5S2/c1-16-21(19-14-8-9-15-20(19)29-16)22(35(31,32)17-10-4-2-5-11-17)23(24(30)25(26,27)28)36(33,34)18-12-6-3-7-13-18/h2-15,22-23,29H,1H3. The quantitative estimate of drug-likeness (QED) is 0.360. The lowest BCUT2D eigenvalue weighted by atomic mass is 10.0. The number of aryl methyl sites for hydroxylation is 1. The summed E-state index contributed by atoms with van der Waals surface area (Å²) in [6.07, 6.45) is -5.63. The molecule has 0 bridgehead atoms. The molecule has 0 saturated carbocycles. The highest BCUT2D eigenvalue weighted by Gasteiger charge is 2.57. The maximum absolute atomic E-state index is 14.0. The van der Waals surface area contributed by atoms with Gasteiger partial charge in [-0.15, -0.1) is 0 Å². The van der Waals surface area contributed by atoms with Gasteiger partial charge in [-0.1, -0.05) is 54.6 Å². The Bertz CT molecular complexity index is 1630. The monoisotopic (exact) mass is 535 g/mol. The largest absolute Gasteiger partial charge is 0.451 e. The molecular formula is C25H20F3NO5S2. The van der Waals surface area contributed by atoms with E-state index in [-0.39, 0.29) is 16.6 Å². The van der Waals surface area contributed by atoms with E-state index in [0.717, 1.165) is 24.3 Å². The Morgan fingerprint density at radius 2 is 1.22 bits per heavy atom. The molecule has 0 aliphatic heterocycles. The van der Waals surface area contributed by atoms with Gasteiger partial charge in [-0.05, 0) is 37.3 Å². The van der Waals surface area contributed by atoms with Crippen molar-refractivity contribution in [2.24, 2.45) is 0 Å². The molecule has 0 saturated heterocycles. The Kier molecular flexibility index (Phi) is 6.56. The number of Topliss-reactive ketones (excluding diaryl/α,β-unsaturated/α-hetero) is 1. The van der Waals surface area contributed by atoms with Crippen LogP contribution in [0.4, 0.5) is 13.2 Å². The molecule has 0 amide bonds. The summed E-state index contributed by atoms with van der Waals surface area (Å²) in [5.41, 5.74) is 0.300. The topological polar surface area (TPSA) is 101 Å². The molecular weight excluding hydrogens is 515 g/mol. The number of para-hydroxylation sites is 1. The minimum Gasteiger partial charge on any atom is -0.358 e. The number of aromatic nitrogens is 1. The predicted molar refractivity (Wildman–Crippen MR) is 128 cm³/mol. The maximum atomic E-state index is 14.0. The van der Waals surface area contributed by atoms with Crippen molar-refractivity contribution in [3.63, 3.8) is 0 Å². The van der Waals surface area contributed by atoms with Gasteiger partial charge in [0.2, 0.25) is 0 Å². The molecule has 2 unspecified atom stereocenters. The molecule has 6 nitrogen and oxygen atoms in total. The first-order valence-electron chi connectivity index (χ1n) is 10.6. The number of hydrogen-bond donors (Lipinski definition) is 1. The van der Waals surface area contributed by atoms with Gasteiger partial charge in [0.1, 0.15) is 5.25 Å². The van der Waals surface area contributed by atoms with Gasteiger partial charge < -0.3 is 4.98 Å². The second-order valence-corrected chi connectivity index (χ2v) is 12.3. The number of benzene rings is 3. The van der Waals surface area contributed by atoms with E-state index >= 15 is 0 Å². The van der Waals surface area contributed by atoms with Crippen LogP contribution in [0.1, 0.15) is 16.5 Å². The number of H-pyrrole nitrogens is 1. The molecule has 11 heteroatoms. The van der Waals surface area contributed by atoms with Crippen LogP contribution in [0.2, 0.25) is 0 Å². The zero-order chi connectivity index (χ0) is 26.3. The normalized spacial score (nSPS) is 14.4. The number of aromatic amines is 1. The molecule has 1 aromatic heterocycles. The number of rotatable bonds is 7. The molecule has 0 fully saturated rings. The Morgan fingerprint density at radius 1 is 0.750 bits per heavy atom. The predicted octanol–water partition coefficient (Wildman–Crippen LogP) is 4.97. The summed E-state index contributed by atoms with van der Waals surface area (Å²) in [7, 11) is -10.0. The van der Waals surface area contributed by atoms with E-state index in [1.165, 1.54) is 55.5 Å². The first kappa shape index (κ1) is 25.6. The first-order chi connectivity index (χ1) is 16.9. The molecule has 3 aromatic carbocycles. The van der Waals surface area contributed by atoms with Gasteiger partial charge in [-0.2, -0.15) is 13.2 Å². The summed E-state index contributed by atoms with van der Waals surface area (Å²) in [6, 6.07) is 18.8. The van der Waals surface area contributed by atoms with Crippen LogP contribution >= 0.6 is 0 Å². The molecule has 1 N–H and O–H groups in total. The minimum absolute atomic E-state index is 0.129. The van der Waals surface area contributed by atoms with E-state index in [0.29, 0.717) is 5.52 Å². The van der Waals surface area contributed by atoms with Gasteiger partial charge >= 0.3 is 6.18 Å². The number of nitrogens with one attached hydrogen (secondary N) is 1. The van der Waals surface area contributed by atoms with Gasteiger partial charge in [0.05, 0.1) is 9.79 Å². The number of carbonyl (C=O) groups excluding carboxylic acids is 1. The summed E-state index contributed by atoms with van der Waals surface area (Å²) < 4.78 is 97.1. The highest BCUT2D eigenvalue weighted by atomic mass is 32.2. The average molecular weight is 536 g/mol. The van der Waals surface area contributed by atoms with Crippen LogP contribution in [0.15, 0.2) is 94.7 Å². The fourth-order valence-electron chi connectivity index (χ4n) is 4.25. The molecule has 0 spiro atoms. The van der Waals surface area contributed by atoms with Crippen LogP contribution in [-0.4, -0.2) is 39.0 Å². The van der Waals surface area contributed by atoms with Gasteiger partial charge in [0.15, 0.2) is 24.9 Å². The maximum Gasteiger partial charge on any atom is 0.451 e. The van der Waals surface area contributed by atoms with Crippen LogP contribution in [-0.2, 0) is 24.5 Å². The van der Waals surface area contributed by atoms with E-state index in [4.69, 9.17) is 0 Å². The van der Waals surface area contributed by atoms with Crippen LogP contribution in [0.5, 0.6) is 0 Å². The number of carbonyl (C=O) groups is 1. The summed E-state index contributed by atoms with van der Waals surface area (Å²) in [6.45, 7) is 1.42. The fraction of sp³-hybridized carbons (Fsp3) is 0.160. The Labute approximate surface area is 205 Å². The fourth-order valence-corrected chi connectivity index (χ4v) is 8.73. The van der Waals surface area contributed by atoms with Gasteiger partial charge in [0.25, 0.3) is 5.78 Å². The third-order valence-corrected chi connectivity index (χ3v) is 10.2. The number of halogens is 3. The van der Waals surface area contributed by atoms with Crippen molar-refractivity contribution < 1.29 is 34.8 Å². The number of sulfone groups is 2. The minimum atomic E-state index is -5.63. The summed E-state index contributed by atoms with van der Waals surface area (Å²) in [5.74, 6) is -2.67. The van der Waals surface area contributed by atoms with Crippen molar-refractivity contribution in [2.45, 2.75) is 33.4 Å². The lowest BCUT2D eigenvalue weighted by Crippen LogP contribution is -2.46.